The lowest BCUT2D eigenvalue weighted by Gasteiger charge is -2.46. The van der Waals surface area contributed by atoms with E-state index in [2.05, 4.69) is 39.9 Å². The largest absolute Gasteiger partial charge is 0.481 e. The lowest BCUT2D eigenvalue weighted by molar-refractivity contribution is -0.156. The highest BCUT2D eigenvalue weighted by Gasteiger charge is 2.48. The molecule has 0 radical (unpaired) electrons. The fourth-order valence-electron chi connectivity index (χ4n) is 8.07. The number of hydrogen-bond acceptors (Lipinski definition) is 2. The van der Waals surface area contributed by atoms with Crippen LogP contribution in [0.4, 0.5) is 0 Å². The number of carbonyl (C=O) groups is 2. The van der Waals surface area contributed by atoms with Crippen molar-refractivity contribution in [1.82, 2.24) is 5.32 Å². The number of hydrogen-bond donors (Lipinski definition) is 2. The Morgan fingerprint density at radius 3 is 1.36 bits per heavy atom. The van der Waals surface area contributed by atoms with Crippen molar-refractivity contribution < 1.29 is 14.7 Å². The molecule has 4 rings (SSSR count). The molecule has 1 amide bonds. The Morgan fingerprint density at radius 1 is 0.639 bits per heavy atom. The van der Waals surface area contributed by atoms with Crippen LogP contribution < -0.4 is 5.32 Å². The van der Waals surface area contributed by atoms with Crippen molar-refractivity contribution in [3.8, 4) is 0 Å². The Kier molecular flexibility index (Phi) is 10.4. The Labute approximate surface area is 222 Å². The highest BCUT2D eigenvalue weighted by molar-refractivity contribution is 5.83. The molecule has 0 unspecified atom stereocenters. The summed E-state index contributed by atoms with van der Waals surface area (Å²) in [6.45, 7) is 11.0. The molecule has 0 aliphatic heterocycles. The summed E-state index contributed by atoms with van der Waals surface area (Å²) in [7, 11) is 0. The predicted molar refractivity (Wildman–Crippen MR) is 149 cm³/mol. The molecule has 4 aliphatic rings. The second kappa shape index (κ2) is 12.7. The van der Waals surface area contributed by atoms with Crippen LogP contribution in [0.5, 0.6) is 0 Å². The van der Waals surface area contributed by atoms with E-state index >= 15 is 0 Å². The predicted octanol–water partition coefficient (Wildman–Crippen LogP) is 8.53. The van der Waals surface area contributed by atoms with Gasteiger partial charge in [-0.15, -0.1) is 0 Å². The molecule has 4 saturated carbocycles. The molecule has 4 heteroatoms. The summed E-state index contributed by atoms with van der Waals surface area (Å²) in [4.78, 5) is 24.7. The van der Waals surface area contributed by atoms with Gasteiger partial charge in [-0.3, -0.25) is 9.59 Å². The van der Waals surface area contributed by atoms with Crippen molar-refractivity contribution in [1.29, 1.82) is 0 Å². The minimum absolute atomic E-state index is 0.0499. The minimum atomic E-state index is -0.508. The zero-order valence-electron chi connectivity index (χ0n) is 24.3. The highest BCUT2D eigenvalue weighted by atomic mass is 16.4. The molecule has 4 fully saturated rings. The first kappa shape index (κ1) is 29.5. The maximum atomic E-state index is 13.0. The molecule has 0 spiro atoms. The molecule has 0 aromatic rings. The van der Waals surface area contributed by atoms with Gasteiger partial charge in [0.2, 0.25) is 5.91 Å². The summed E-state index contributed by atoms with van der Waals surface area (Å²) in [5.41, 5.74) is -0.506. The van der Waals surface area contributed by atoms with Crippen LogP contribution in [0.2, 0.25) is 0 Å². The zero-order valence-corrected chi connectivity index (χ0v) is 24.3. The van der Waals surface area contributed by atoms with E-state index in [9.17, 15) is 14.7 Å². The lowest BCUT2D eigenvalue weighted by Crippen LogP contribution is -2.53. The number of carbonyl (C=O) groups excluding carboxylic acids is 1. The van der Waals surface area contributed by atoms with E-state index in [1.165, 1.54) is 64.2 Å². The van der Waals surface area contributed by atoms with E-state index in [1.54, 1.807) is 0 Å². The van der Waals surface area contributed by atoms with E-state index < -0.39 is 5.97 Å². The summed E-state index contributed by atoms with van der Waals surface area (Å²) in [5, 5.41) is 12.9. The SMILES string of the molecule is CC1CCC(C2(C(=O)NC(C)(C)C)CCCCC2)CC1.CC1CCC(C2(C(=O)O)CCCCC2)CC1. The van der Waals surface area contributed by atoms with Crippen LogP contribution in [-0.4, -0.2) is 22.5 Å². The molecule has 4 nitrogen and oxygen atoms in total. The second-order valence-corrected chi connectivity index (χ2v) is 14.4. The third kappa shape index (κ3) is 7.28. The Bertz CT molecular complexity index is 695. The molecular weight excluding hydrogens is 446 g/mol. The number of rotatable bonds is 4. The molecule has 36 heavy (non-hydrogen) atoms. The van der Waals surface area contributed by atoms with Gasteiger partial charge in [0.25, 0.3) is 0 Å². The fraction of sp³-hybridized carbons (Fsp3) is 0.938. The maximum Gasteiger partial charge on any atom is 0.309 e. The number of nitrogens with one attached hydrogen (secondary N) is 1. The normalized spacial score (nSPS) is 32.5. The van der Waals surface area contributed by atoms with Gasteiger partial charge < -0.3 is 10.4 Å². The molecule has 208 valence electrons. The van der Waals surface area contributed by atoms with E-state index in [0.717, 1.165) is 63.2 Å². The Balaban J connectivity index is 0.000000205. The van der Waals surface area contributed by atoms with Gasteiger partial charge in [0.1, 0.15) is 0 Å². The van der Waals surface area contributed by atoms with E-state index in [-0.39, 0.29) is 16.4 Å². The topological polar surface area (TPSA) is 66.4 Å². The van der Waals surface area contributed by atoms with E-state index in [4.69, 9.17) is 0 Å². The first-order valence-corrected chi connectivity index (χ1v) is 15.5. The molecule has 0 bridgehead atoms. The summed E-state index contributed by atoms with van der Waals surface area (Å²) < 4.78 is 0. The monoisotopic (exact) mass is 503 g/mol. The minimum Gasteiger partial charge on any atom is -0.481 e. The quantitative estimate of drug-likeness (QED) is 0.404. The summed E-state index contributed by atoms with van der Waals surface area (Å²) in [6, 6.07) is 0. The maximum absolute atomic E-state index is 13.0. The van der Waals surface area contributed by atoms with Gasteiger partial charge in [-0.05, 0) is 95.8 Å². The zero-order chi connectivity index (χ0) is 26.4. The van der Waals surface area contributed by atoms with Crippen LogP contribution in [0.3, 0.4) is 0 Å². The van der Waals surface area contributed by atoms with Gasteiger partial charge in [0.05, 0.1) is 10.8 Å². The van der Waals surface area contributed by atoms with Gasteiger partial charge in [0, 0.05) is 5.54 Å². The van der Waals surface area contributed by atoms with Crippen molar-refractivity contribution in [2.75, 3.05) is 0 Å². The van der Waals surface area contributed by atoms with Crippen LogP contribution in [0.1, 0.15) is 150 Å². The molecule has 4 aliphatic carbocycles. The fourth-order valence-corrected chi connectivity index (χ4v) is 8.07. The van der Waals surface area contributed by atoms with Crippen LogP contribution in [0.15, 0.2) is 0 Å². The number of amides is 1. The van der Waals surface area contributed by atoms with Gasteiger partial charge >= 0.3 is 5.97 Å². The molecule has 0 atom stereocenters. The Morgan fingerprint density at radius 2 is 1.00 bits per heavy atom. The number of carboxylic acid groups (broad SMARTS) is 1. The summed E-state index contributed by atoms with van der Waals surface area (Å²) in [5.74, 6) is 2.60. The summed E-state index contributed by atoms with van der Waals surface area (Å²) >= 11 is 0. The third-order valence-electron chi connectivity index (χ3n) is 10.5. The van der Waals surface area contributed by atoms with Crippen molar-refractivity contribution in [2.24, 2.45) is 34.5 Å². The molecule has 0 aromatic carbocycles. The molecule has 0 heterocycles. The van der Waals surface area contributed by atoms with Gasteiger partial charge in [0.15, 0.2) is 0 Å². The van der Waals surface area contributed by atoms with Gasteiger partial charge in [-0.25, -0.2) is 0 Å². The Hall–Kier alpha value is -1.06. The van der Waals surface area contributed by atoms with Crippen LogP contribution in [0, 0.1) is 34.5 Å². The first-order valence-electron chi connectivity index (χ1n) is 15.5. The number of carboxylic acids is 1. The molecule has 0 aromatic heterocycles. The van der Waals surface area contributed by atoms with Crippen molar-refractivity contribution in [3.05, 3.63) is 0 Å². The molecular formula is C32H57NO3. The second-order valence-electron chi connectivity index (χ2n) is 14.4. The average Bonchev–Trinajstić information content (AvgIpc) is 2.85. The van der Waals surface area contributed by atoms with Crippen LogP contribution >= 0.6 is 0 Å². The third-order valence-corrected chi connectivity index (χ3v) is 10.5. The van der Waals surface area contributed by atoms with E-state index in [0.29, 0.717) is 17.7 Å². The van der Waals surface area contributed by atoms with Crippen molar-refractivity contribution >= 4 is 11.9 Å². The lowest BCUT2D eigenvalue weighted by atomic mass is 9.60. The van der Waals surface area contributed by atoms with Crippen molar-refractivity contribution in [2.45, 2.75) is 156 Å². The first-order chi connectivity index (χ1) is 17.0. The molecule has 0 saturated heterocycles. The van der Waals surface area contributed by atoms with Crippen molar-refractivity contribution in [3.63, 3.8) is 0 Å². The number of aliphatic carboxylic acids is 1. The average molecular weight is 504 g/mol. The van der Waals surface area contributed by atoms with Crippen LogP contribution in [-0.2, 0) is 9.59 Å². The molecule has 2 N–H and O–H groups in total. The smallest absolute Gasteiger partial charge is 0.309 e. The highest BCUT2D eigenvalue weighted by Crippen LogP contribution is 2.50. The van der Waals surface area contributed by atoms with Crippen LogP contribution in [0.25, 0.3) is 0 Å². The van der Waals surface area contributed by atoms with E-state index in [1.807, 2.05) is 0 Å². The standard InChI is InChI=1S/C18H33NO.C14H24O2/c1-14-8-10-15(11-9-14)18(12-6-5-7-13-18)16(20)19-17(2,3)4;1-11-5-7-12(8-6-11)14(13(15)16)9-3-2-4-10-14/h14-15H,5-13H2,1-4H3,(H,19,20);11-12H,2-10H2,1H3,(H,15,16). The summed E-state index contributed by atoms with van der Waals surface area (Å²) in [6.07, 6.45) is 21.3. The van der Waals surface area contributed by atoms with Gasteiger partial charge in [-0.1, -0.05) is 78.1 Å². The van der Waals surface area contributed by atoms with Gasteiger partial charge in [-0.2, -0.15) is 0 Å².